The lowest BCUT2D eigenvalue weighted by atomic mass is 9.84. The van der Waals surface area contributed by atoms with Gasteiger partial charge < -0.3 is 10.4 Å². The maximum absolute atomic E-state index is 13.0. The third-order valence-corrected chi connectivity index (χ3v) is 3.49. The number of carboxylic acid groups (broad SMARTS) is 1. The van der Waals surface area contributed by atoms with Crippen LogP contribution >= 0.6 is 0 Å². The SMILES string of the molecule is O=C(NC1CCCCC1C(=O)O)c1cccc(F)c1. The van der Waals surface area contributed by atoms with Gasteiger partial charge in [0.05, 0.1) is 5.92 Å². The molecule has 1 aliphatic carbocycles. The number of halogens is 1. The Morgan fingerprint density at radius 3 is 2.68 bits per heavy atom. The topological polar surface area (TPSA) is 66.4 Å². The molecule has 1 aromatic carbocycles. The lowest BCUT2D eigenvalue weighted by molar-refractivity contribution is -0.143. The highest BCUT2D eigenvalue weighted by molar-refractivity contribution is 5.94. The Kier molecular flexibility index (Phi) is 4.14. The summed E-state index contributed by atoms with van der Waals surface area (Å²) < 4.78 is 13.0. The summed E-state index contributed by atoms with van der Waals surface area (Å²) in [5.41, 5.74) is 0.217. The van der Waals surface area contributed by atoms with Gasteiger partial charge in [0.2, 0.25) is 0 Å². The zero-order chi connectivity index (χ0) is 13.8. The second-order valence-corrected chi connectivity index (χ2v) is 4.82. The monoisotopic (exact) mass is 265 g/mol. The molecule has 1 aromatic rings. The summed E-state index contributed by atoms with van der Waals surface area (Å²) in [5.74, 6) is -2.33. The Morgan fingerprint density at radius 2 is 2.00 bits per heavy atom. The fourth-order valence-electron chi connectivity index (χ4n) is 2.48. The number of rotatable bonds is 3. The summed E-state index contributed by atoms with van der Waals surface area (Å²) in [4.78, 5) is 23.1. The number of benzene rings is 1. The highest BCUT2D eigenvalue weighted by Crippen LogP contribution is 2.25. The molecule has 4 nitrogen and oxygen atoms in total. The number of carbonyl (C=O) groups is 2. The molecule has 0 radical (unpaired) electrons. The molecule has 1 fully saturated rings. The van der Waals surface area contributed by atoms with Crippen LogP contribution in [-0.4, -0.2) is 23.0 Å². The standard InChI is InChI=1S/C14H16FNO3/c15-10-5-3-4-9(8-10)13(17)16-12-7-2-1-6-11(12)14(18)19/h3-5,8,11-12H,1-2,6-7H2,(H,16,17)(H,18,19). The van der Waals surface area contributed by atoms with Gasteiger partial charge in [0.1, 0.15) is 5.82 Å². The van der Waals surface area contributed by atoms with E-state index < -0.39 is 23.6 Å². The van der Waals surface area contributed by atoms with Gasteiger partial charge in [-0.3, -0.25) is 9.59 Å². The molecule has 1 amide bonds. The number of hydrogen-bond donors (Lipinski definition) is 2. The van der Waals surface area contributed by atoms with Crippen LogP contribution in [0.15, 0.2) is 24.3 Å². The normalized spacial score (nSPS) is 22.8. The van der Waals surface area contributed by atoms with E-state index in [9.17, 15) is 14.0 Å². The molecule has 1 saturated carbocycles. The molecule has 0 heterocycles. The minimum atomic E-state index is -0.885. The summed E-state index contributed by atoms with van der Waals surface area (Å²) in [7, 11) is 0. The van der Waals surface area contributed by atoms with Crippen LogP contribution in [0.3, 0.4) is 0 Å². The number of hydrogen-bond acceptors (Lipinski definition) is 2. The Bertz CT molecular complexity index is 489. The Hall–Kier alpha value is -1.91. The third kappa shape index (κ3) is 3.30. The van der Waals surface area contributed by atoms with Gasteiger partial charge in [-0.25, -0.2) is 4.39 Å². The molecule has 5 heteroatoms. The zero-order valence-corrected chi connectivity index (χ0v) is 10.4. The molecular formula is C14H16FNO3. The summed E-state index contributed by atoms with van der Waals surface area (Å²) in [6.07, 6.45) is 2.99. The van der Waals surface area contributed by atoms with E-state index in [-0.39, 0.29) is 11.6 Å². The lowest BCUT2D eigenvalue weighted by Gasteiger charge is -2.29. The van der Waals surface area contributed by atoms with Crippen LogP contribution in [-0.2, 0) is 4.79 Å². The van der Waals surface area contributed by atoms with E-state index in [0.29, 0.717) is 12.8 Å². The minimum Gasteiger partial charge on any atom is -0.481 e. The predicted octanol–water partition coefficient (Wildman–Crippen LogP) is 2.20. The second-order valence-electron chi connectivity index (χ2n) is 4.82. The third-order valence-electron chi connectivity index (χ3n) is 3.49. The Balaban J connectivity index is 2.07. The maximum Gasteiger partial charge on any atom is 0.308 e. The molecule has 2 N–H and O–H groups in total. The van der Waals surface area contributed by atoms with Crippen LogP contribution in [0.5, 0.6) is 0 Å². The molecular weight excluding hydrogens is 249 g/mol. The largest absolute Gasteiger partial charge is 0.481 e. The van der Waals surface area contributed by atoms with Gasteiger partial charge in [0.25, 0.3) is 5.91 Å². The van der Waals surface area contributed by atoms with Gasteiger partial charge in [-0.1, -0.05) is 18.9 Å². The smallest absolute Gasteiger partial charge is 0.308 e. The van der Waals surface area contributed by atoms with Crippen LogP contribution in [0.2, 0.25) is 0 Å². The average molecular weight is 265 g/mol. The first-order valence-corrected chi connectivity index (χ1v) is 6.37. The second kappa shape index (κ2) is 5.82. The van der Waals surface area contributed by atoms with E-state index in [2.05, 4.69) is 5.32 Å². The number of nitrogens with one attached hydrogen (secondary N) is 1. The molecule has 1 aliphatic rings. The maximum atomic E-state index is 13.0. The van der Waals surface area contributed by atoms with Gasteiger partial charge in [-0.05, 0) is 31.0 Å². The van der Waals surface area contributed by atoms with Crippen LogP contribution in [0.4, 0.5) is 4.39 Å². The first kappa shape index (κ1) is 13.5. The number of amides is 1. The Morgan fingerprint density at radius 1 is 1.26 bits per heavy atom. The van der Waals surface area contributed by atoms with Crippen molar-refractivity contribution in [3.05, 3.63) is 35.6 Å². The van der Waals surface area contributed by atoms with Crippen LogP contribution in [0, 0.1) is 11.7 Å². The van der Waals surface area contributed by atoms with Crippen LogP contribution in [0.1, 0.15) is 36.0 Å². The van der Waals surface area contributed by atoms with Crippen LogP contribution in [0.25, 0.3) is 0 Å². The fourth-order valence-corrected chi connectivity index (χ4v) is 2.48. The van der Waals surface area contributed by atoms with Gasteiger partial charge in [0, 0.05) is 11.6 Å². The predicted molar refractivity (Wildman–Crippen MR) is 67.2 cm³/mol. The highest BCUT2D eigenvalue weighted by Gasteiger charge is 2.31. The molecule has 2 rings (SSSR count). The fraction of sp³-hybridized carbons (Fsp3) is 0.429. The van der Waals surface area contributed by atoms with Crippen molar-refractivity contribution >= 4 is 11.9 Å². The van der Waals surface area contributed by atoms with Crippen molar-refractivity contribution in [2.45, 2.75) is 31.7 Å². The minimum absolute atomic E-state index is 0.217. The molecule has 2 atom stereocenters. The van der Waals surface area contributed by atoms with Crippen molar-refractivity contribution in [3.8, 4) is 0 Å². The van der Waals surface area contributed by atoms with E-state index in [1.54, 1.807) is 0 Å². The van der Waals surface area contributed by atoms with E-state index in [4.69, 9.17) is 5.11 Å². The summed E-state index contributed by atoms with van der Waals surface area (Å²) >= 11 is 0. The van der Waals surface area contributed by atoms with Crippen LogP contribution < -0.4 is 5.32 Å². The van der Waals surface area contributed by atoms with Gasteiger partial charge in [-0.15, -0.1) is 0 Å². The summed E-state index contributed by atoms with van der Waals surface area (Å²) in [6.45, 7) is 0. The zero-order valence-electron chi connectivity index (χ0n) is 10.4. The van der Waals surface area contributed by atoms with Gasteiger partial charge in [0.15, 0.2) is 0 Å². The van der Waals surface area contributed by atoms with E-state index in [0.717, 1.165) is 18.9 Å². The van der Waals surface area contributed by atoms with E-state index in [1.165, 1.54) is 18.2 Å². The molecule has 0 aromatic heterocycles. The number of carboxylic acids is 1. The van der Waals surface area contributed by atoms with E-state index >= 15 is 0 Å². The molecule has 0 aliphatic heterocycles. The van der Waals surface area contributed by atoms with Crippen molar-refractivity contribution in [1.82, 2.24) is 5.32 Å². The first-order valence-electron chi connectivity index (χ1n) is 6.37. The molecule has 0 saturated heterocycles. The first-order chi connectivity index (χ1) is 9.08. The summed E-state index contributed by atoms with van der Waals surface area (Å²) in [5, 5.41) is 11.8. The van der Waals surface area contributed by atoms with Crippen molar-refractivity contribution in [2.24, 2.45) is 5.92 Å². The van der Waals surface area contributed by atoms with E-state index in [1.807, 2.05) is 0 Å². The van der Waals surface area contributed by atoms with Crippen molar-refractivity contribution in [2.75, 3.05) is 0 Å². The van der Waals surface area contributed by atoms with Crippen molar-refractivity contribution in [3.63, 3.8) is 0 Å². The quantitative estimate of drug-likeness (QED) is 0.880. The highest BCUT2D eigenvalue weighted by atomic mass is 19.1. The molecule has 0 bridgehead atoms. The average Bonchev–Trinajstić information content (AvgIpc) is 2.39. The number of carbonyl (C=O) groups excluding carboxylic acids is 1. The molecule has 2 unspecified atom stereocenters. The van der Waals surface area contributed by atoms with Crippen molar-refractivity contribution < 1.29 is 19.1 Å². The van der Waals surface area contributed by atoms with Gasteiger partial charge >= 0.3 is 5.97 Å². The van der Waals surface area contributed by atoms with Crippen molar-refractivity contribution in [1.29, 1.82) is 0 Å². The molecule has 19 heavy (non-hydrogen) atoms. The molecule has 102 valence electrons. The lowest BCUT2D eigenvalue weighted by Crippen LogP contribution is -2.45. The Labute approximate surface area is 110 Å². The number of aliphatic carboxylic acids is 1. The van der Waals surface area contributed by atoms with Gasteiger partial charge in [-0.2, -0.15) is 0 Å². The summed E-state index contributed by atoms with van der Waals surface area (Å²) in [6, 6.07) is 5.00. The molecule has 0 spiro atoms.